The van der Waals surface area contributed by atoms with E-state index in [1.807, 2.05) is 0 Å². The van der Waals surface area contributed by atoms with E-state index in [1.165, 1.54) is 18.2 Å². The normalized spacial score (nSPS) is 10.5. The molecule has 0 saturated carbocycles. The van der Waals surface area contributed by atoms with Gasteiger partial charge in [-0.25, -0.2) is 13.9 Å². The fourth-order valence-corrected chi connectivity index (χ4v) is 1.94. The lowest BCUT2D eigenvalue weighted by molar-refractivity contribution is 0.0686. The maximum Gasteiger partial charge on any atom is 0.360 e. The molecule has 2 aromatic rings. The third-order valence-electron chi connectivity index (χ3n) is 2.45. The van der Waals surface area contributed by atoms with Crippen molar-refractivity contribution in [2.75, 3.05) is 0 Å². The molecule has 0 aliphatic carbocycles. The fourth-order valence-electron chi connectivity index (χ4n) is 1.59. The summed E-state index contributed by atoms with van der Waals surface area (Å²) in [5.41, 5.74) is -0.956. The van der Waals surface area contributed by atoms with Crippen molar-refractivity contribution in [2.45, 2.75) is 6.92 Å². The Morgan fingerprint density at radius 1 is 1.42 bits per heavy atom. The molecule has 1 aromatic carbocycles. The molecule has 5 nitrogen and oxygen atoms in total. The molecule has 0 radical (unpaired) electrons. The summed E-state index contributed by atoms with van der Waals surface area (Å²) >= 11 is 3.19. The molecule has 7 heteroatoms. The van der Waals surface area contributed by atoms with Crippen molar-refractivity contribution in [2.24, 2.45) is 0 Å². The van der Waals surface area contributed by atoms with Gasteiger partial charge in [-0.2, -0.15) is 5.10 Å². The molecule has 19 heavy (non-hydrogen) atoms. The fraction of sp³-hybridized carbons (Fsp3) is 0.0833. The summed E-state index contributed by atoms with van der Waals surface area (Å²) in [6.07, 6.45) is 0. The number of carboxylic acid groups (broad SMARTS) is 1. The average molecular weight is 327 g/mol. The van der Waals surface area contributed by atoms with Gasteiger partial charge in [-0.15, -0.1) is 0 Å². The number of carboxylic acids is 1. The van der Waals surface area contributed by atoms with Crippen LogP contribution in [-0.4, -0.2) is 20.9 Å². The Balaban J connectivity index is 2.75. The third kappa shape index (κ3) is 2.55. The maximum absolute atomic E-state index is 13.8. The number of aromatic nitrogens is 2. The minimum Gasteiger partial charge on any atom is -0.476 e. The first kappa shape index (κ1) is 13.4. The van der Waals surface area contributed by atoms with E-state index in [4.69, 9.17) is 5.11 Å². The van der Waals surface area contributed by atoms with Gasteiger partial charge >= 0.3 is 5.97 Å². The van der Waals surface area contributed by atoms with Crippen molar-refractivity contribution < 1.29 is 14.3 Å². The van der Waals surface area contributed by atoms with Gasteiger partial charge in [-0.05, 0) is 25.1 Å². The SMILES string of the molecule is Cc1cc(=O)c(C(=O)O)nn1-c1cc(Br)ccc1F. The highest BCUT2D eigenvalue weighted by Gasteiger charge is 2.15. The summed E-state index contributed by atoms with van der Waals surface area (Å²) in [5.74, 6) is -2.02. The van der Waals surface area contributed by atoms with Gasteiger partial charge in [0, 0.05) is 16.2 Å². The van der Waals surface area contributed by atoms with Gasteiger partial charge in [0.1, 0.15) is 11.5 Å². The Bertz CT molecular complexity index is 727. The first-order chi connectivity index (χ1) is 8.90. The molecular formula is C12H8BrFN2O3. The maximum atomic E-state index is 13.8. The van der Waals surface area contributed by atoms with Crippen LogP contribution in [0.3, 0.4) is 0 Å². The van der Waals surface area contributed by atoms with Crippen LogP contribution in [0.5, 0.6) is 0 Å². The number of hydrogen-bond acceptors (Lipinski definition) is 3. The van der Waals surface area contributed by atoms with Crippen molar-refractivity contribution in [1.29, 1.82) is 0 Å². The molecule has 1 heterocycles. The smallest absolute Gasteiger partial charge is 0.360 e. The first-order valence-corrected chi connectivity index (χ1v) is 5.99. The zero-order chi connectivity index (χ0) is 14.2. The van der Waals surface area contributed by atoms with Crippen LogP contribution >= 0.6 is 15.9 Å². The number of rotatable bonds is 2. The van der Waals surface area contributed by atoms with Gasteiger partial charge in [-0.3, -0.25) is 4.79 Å². The predicted molar refractivity (Wildman–Crippen MR) is 69.2 cm³/mol. The lowest BCUT2D eigenvalue weighted by Gasteiger charge is -2.11. The van der Waals surface area contributed by atoms with Crippen molar-refractivity contribution >= 4 is 21.9 Å². The van der Waals surface area contributed by atoms with Crippen molar-refractivity contribution in [3.63, 3.8) is 0 Å². The van der Waals surface area contributed by atoms with Crippen LogP contribution in [0.15, 0.2) is 33.5 Å². The van der Waals surface area contributed by atoms with Crippen LogP contribution in [0, 0.1) is 12.7 Å². The lowest BCUT2D eigenvalue weighted by Crippen LogP contribution is -2.22. The summed E-state index contributed by atoms with van der Waals surface area (Å²) in [7, 11) is 0. The topological polar surface area (TPSA) is 72.2 Å². The molecule has 2 rings (SSSR count). The monoisotopic (exact) mass is 326 g/mol. The highest BCUT2D eigenvalue weighted by Crippen LogP contribution is 2.19. The van der Waals surface area contributed by atoms with Crippen molar-refractivity contribution in [3.8, 4) is 5.69 Å². The highest BCUT2D eigenvalue weighted by molar-refractivity contribution is 9.10. The zero-order valence-corrected chi connectivity index (χ0v) is 11.3. The summed E-state index contributed by atoms with van der Waals surface area (Å²) < 4.78 is 15.5. The molecule has 0 amide bonds. The first-order valence-electron chi connectivity index (χ1n) is 5.20. The van der Waals surface area contributed by atoms with Gasteiger partial charge in [0.05, 0.1) is 0 Å². The minimum atomic E-state index is -1.45. The van der Waals surface area contributed by atoms with Gasteiger partial charge in [0.25, 0.3) is 0 Å². The van der Waals surface area contributed by atoms with Gasteiger partial charge in [-0.1, -0.05) is 15.9 Å². The number of carbonyl (C=O) groups is 1. The van der Waals surface area contributed by atoms with E-state index in [0.29, 0.717) is 10.2 Å². The predicted octanol–water partition coefficient (Wildman–Crippen LogP) is 2.14. The quantitative estimate of drug-likeness (QED) is 0.917. The van der Waals surface area contributed by atoms with Crippen LogP contribution in [-0.2, 0) is 0 Å². The highest BCUT2D eigenvalue weighted by atomic mass is 79.9. The molecule has 1 aromatic heterocycles. The molecule has 0 unspecified atom stereocenters. The summed E-state index contributed by atoms with van der Waals surface area (Å²) in [6.45, 7) is 1.54. The number of aromatic carboxylic acids is 1. The second-order valence-electron chi connectivity index (χ2n) is 3.81. The number of nitrogens with zero attached hydrogens (tertiary/aromatic N) is 2. The van der Waals surface area contributed by atoms with Crippen LogP contribution in [0.4, 0.5) is 4.39 Å². The van der Waals surface area contributed by atoms with Gasteiger partial charge < -0.3 is 5.11 Å². The number of halogens is 2. The largest absolute Gasteiger partial charge is 0.476 e. The Labute approximate surface area is 115 Å². The van der Waals surface area contributed by atoms with Crippen LogP contribution in [0.25, 0.3) is 5.69 Å². The van der Waals surface area contributed by atoms with E-state index >= 15 is 0 Å². The van der Waals surface area contributed by atoms with Crippen LogP contribution < -0.4 is 5.43 Å². The van der Waals surface area contributed by atoms with Gasteiger partial charge in [0.2, 0.25) is 11.1 Å². The van der Waals surface area contributed by atoms with E-state index in [0.717, 1.165) is 10.7 Å². The standard InChI is InChI=1S/C12H8BrFN2O3/c1-6-4-10(17)11(12(18)19)15-16(6)9-5-7(13)2-3-8(9)14/h2-5H,1H3,(H,18,19). The summed E-state index contributed by atoms with van der Waals surface area (Å²) in [6, 6.07) is 5.29. The molecule has 0 fully saturated rings. The molecule has 0 bridgehead atoms. The van der Waals surface area contributed by atoms with Crippen molar-refractivity contribution in [1.82, 2.24) is 9.78 Å². The van der Waals surface area contributed by atoms with E-state index in [2.05, 4.69) is 21.0 Å². The van der Waals surface area contributed by atoms with Crippen molar-refractivity contribution in [3.05, 3.63) is 56.2 Å². The number of aryl methyl sites for hydroxylation is 1. The molecular weight excluding hydrogens is 319 g/mol. The molecule has 98 valence electrons. The Morgan fingerprint density at radius 3 is 2.74 bits per heavy atom. The number of hydrogen-bond donors (Lipinski definition) is 1. The Morgan fingerprint density at radius 2 is 2.11 bits per heavy atom. The molecule has 0 spiro atoms. The molecule has 0 atom stereocenters. The zero-order valence-electron chi connectivity index (χ0n) is 9.72. The minimum absolute atomic E-state index is 0.0642. The summed E-state index contributed by atoms with van der Waals surface area (Å²) in [5, 5.41) is 12.6. The van der Waals surface area contributed by atoms with Crippen LogP contribution in [0.1, 0.15) is 16.2 Å². The van der Waals surface area contributed by atoms with E-state index in [1.54, 1.807) is 6.92 Å². The van der Waals surface area contributed by atoms with E-state index in [9.17, 15) is 14.0 Å². The third-order valence-corrected chi connectivity index (χ3v) is 2.94. The second kappa shape index (κ2) is 4.93. The second-order valence-corrected chi connectivity index (χ2v) is 4.73. The van der Waals surface area contributed by atoms with E-state index < -0.39 is 22.9 Å². The van der Waals surface area contributed by atoms with Crippen LogP contribution in [0.2, 0.25) is 0 Å². The molecule has 0 aliphatic heterocycles. The van der Waals surface area contributed by atoms with E-state index in [-0.39, 0.29) is 5.69 Å². The Hall–Kier alpha value is -2.02. The number of benzene rings is 1. The Kier molecular flexibility index (Phi) is 3.48. The lowest BCUT2D eigenvalue weighted by atomic mass is 10.2. The molecule has 0 aliphatic rings. The average Bonchev–Trinajstić information content (AvgIpc) is 2.32. The van der Waals surface area contributed by atoms with Gasteiger partial charge in [0.15, 0.2) is 0 Å². The summed E-state index contributed by atoms with van der Waals surface area (Å²) in [4.78, 5) is 22.3. The molecule has 0 saturated heterocycles. The molecule has 1 N–H and O–H groups in total.